The van der Waals surface area contributed by atoms with Crippen LogP contribution in [0.4, 0.5) is 14.5 Å². The molecule has 0 spiro atoms. The Morgan fingerprint density at radius 3 is 2.67 bits per heavy atom. The van der Waals surface area contributed by atoms with Crippen molar-refractivity contribution in [3.63, 3.8) is 0 Å². The van der Waals surface area contributed by atoms with Crippen molar-refractivity contribution in [2.24, 2.45) is 5.73 Å². The number of hydrogen-bond acceptors (Lipinski definition) is 4. The van der Waals surface area contributed by atoms with E-state index >= 15 is 0 Å². The first kappa shape index (κ1) is 12.2. The fourth-order valence-electron chi connectivity index (χ4n) is 0.968. The maximum atomic E-state index is 12.3. The first-order chi connectivity index (χ1) is 6.97. The standard InChI is InChI=1S/C7H6F2IN3O2/c8-7(9)3-1-5(13(14)15)6(10)4(2-11)12-3/h1,7H,2,11H2. The van der Waals surface area contributed by atoms with Gasteiger partial charge in [0.1, 0.15) is 9.26 Å². The van der Waals surface area contributed by atoms with Gasteiger partial charge < -0.3 is 5.73 Å². The quantitative estimate of drug-likeness (QED) is 0.522. The van der Waals surface area contributed by atoms with Gasteiger partial charge in [-0.2, -0.15) is 0 Å². The Kier molecular flexibility index (Phi) is 3.85. The van der Waals surface area contributed by atoms with E-state index in [9.17, 15) is 18.9 Å². The Hall–Kier alpha value is -0.900. The number of aromatic nitrogens is 1. The summed E-state index contributed by atoms with van der Waals surface area (Å²) in [7, 11) is 0. The third kappa shape index (κ3) is 2.56. The van der Waals surface area contributed by atoms with Crippen molar-refractivity contribution in [2.45, 2.75) is 13.0 Å². The van der Waals surface area contributed by atoms with E-state index in [4.69, 9.17) is 5.73 Å². The van der Waals surface area contributed by atoms with Crippen LogP contribution < -0.4 is 5.73 Å². The van der Waals surface area contributed by atoms with Gasteiger partial charge in [0, 0.05) is 12.6 Å². The number of nitrogens with two attached hydrogens (primary N) is 1. The third-order valence-electron chi connectivity index (χ3n) is 1.64. The smallest absolute Gasteiger partial charge is 0.286 e. The van der Waals surface area contributed by atoms with Crippen LogP contribution in [-0.4, -0.2) is 9.91 Å². The van der Waals surface area contributed by atoms with Crippen molar-refractivity contribution in [3.8, 4) is 0 Å². The average Bonchev–Trinajstić information content (AvgIpc) is 2.17. The van der Waals surface area contributed by atoms with Gasteiger partial charge in [0.05, 0.1) is 10.6 Å². The summed E-state index contributed by atoms with van der Waals surface area (Å²) in [4.78, 5) is 13.4. The van der Waals surface area contributed by atoms with Crippen LogP contribution in [0, 0.1) is 13.7 Å². The minimum absolute atomic E-state index is 0.111. The molecule has 2 N–H and O–H groups in total. The SMILES string of the molecule is NCc1nc(C(F)F)cc([N+](=O)[O-])c1I. The number of hydrogen-bond donors (Lipinski definition) is 1. The second-order valence-corrected chi connectivity index (χ2v) is 3.67. The molecule has 1 rings (SSSR count). The molecule has 0 saturated heterocycles. The maximum absolute atomic E-state index is 12.3. The highest BCUT2D eigenvalue weighted by Crippen LogP contribution is 2.28. The fourth-order valence-corrected chi connectivity index (χ4v) is 1.66. The van der Waals surface area contributed by atoms with Gasteiger partial charge in [-0.3, -0.25) is 10.1 Å². The number of nitro groups is 1. The Morgan fingerprint density at radius 2 is 2.27 bits per heavy atom. The normalized spacial score (nSPS) is 10.7. The van der Waals surface area contributed by atoms with Crippen molar-refractivity contribution in [3.05, 3.63) is 31.1 Å². The van der Waals surface area contributed by atoms with Crippen LogP contribution in [0.25, 0.3) is 0 Å². The van der Waals surface area contributed by atoms with Crippen LogP contribution in [0.1, 0.15) is 17.8 Å². The average molecular weight is 329 g/mol. The van der Waals surface area contributed by atoms with E-state index in [2.05, 4.69) is 4.98 Å². The molecule has 1 aromatic rings. The molecule has 82 valence electrons. The van der Waals surface area contributed by atoms with E-state index in [1.54, 1.807) is 22.6 Å². The molecular formula is C7H6F2IN3O2. The summed E-state index contributed by atoms with van der Waals surface area (Å²) in [5.74, 6) is 0. The van der Waals surface area contributed by atoms with Gasteiger partial charge in [0.25, 0.3) is 12.1 Å². The molecule has 0 aliphatic rings. The van der Waals surface area contributed by atoms with Crippen LogP contribution in [0.2, 0.25) is 0 Å². The molecule has 0 saturated carbocycles. The van der Waals surface area contributed by atoms with Crippen molar-refractivity contribution in [1.29, 1.82) is 0 Å². The Morgan fingerprint density at radius 1 is 1.67 bits per heavy atom. The predicted molar refractivity (Wildman–Crippen MR) is 56.5 cm³/mol. The Balaban J connectivity index is 3.38. The highest BCUT2D eigenvalue weighted by atomic mass is 127. The minimum atomic E-state index is -2.84. The van der Waals surface area contributed by atoms with E-state index in [1.807, 2.05) is 0 Å². The highest BCUT2D eigenvalue weighted by Gasteiger charge is 2.21. The summed E-state index contributed by atoms with van der Waals surface area (Å²) >= 11 is 1.67. The molecule has 1 aromatic heterocycles. The molecule has 8 heteroatoms. The van der Waals surface area contributed by atoms with Crippen molar-refractivity contribution in [2.75, 3.05) is 0 Å². The summed E-state index contributed by atoms with van der Waals surface area (Å²) in [6.45, 7) is -0.111. The van der Waals surface area contributed by atoms with Gasteiger partial charge in [-0.25, -0.2) is 13.8 Å². The lowest BCUT2D eigenvalue weighted by molar-refractivity contribution is -0.386. The molecule has 1 heterocycles. The fraction of sp³-hybridized carbons (Fsp3) is 0.286. The van der Waals surface area contributed by atoms with Gasteiger partial charge in [0.15, 0.2) is 0 Å². The molecule has 0 atom stereocenters. The zero-order valence-electron chi connectivity index (χ0n) is 7.28. The molecule has 0 unspecified atom stereocenters. The van der Waals surface area contributed by atoms with Gasteiger partial charge in [-0.05, 0) is 22.6 Å². The first-order valence-electron chi connectivity index (χ1n) is 3.79. The van der Waals surface area contributed by atoms with Gasteiger partial charge in [-0.1, -0.05) is 0 Å². The van der Waals surface area contributed by atoms with Crippen LogP contribution in [0.15, 0.2) is 6.07 Å². The van der Waals surface area contributed by atoms with Crippen molar-refractivity contribution in [1.82, 2.24) is 4.98 Å². The molecular weight excluding hydrogens is 323 g/mol. The lowest BCUT2D eigenvalue weighted by Crippen LogP contribution is -2.08. The minimum Gasteiger partial charge on any atom is -0.325 e. The summed E-state index contributed by atoms with van der Waals surface area (Å²) in [6.07, 6.45) is -2.84. The van der Waals surface area contributed by atoms with Gasteiger partial charge >= 0.3 is 0 Å². The molecule has 0 aromatic carbocycles. The van der Waals surface area contributed by atoms with E-state index in [-0.39, 0.29) is 21.5 Å². The highest BCUT2D eigenvalue weighted by molar-refractivity contribution is 14.1. The molecule has 0 aliphatic heterocycles. The molecule has 0 aliphatic carbocycles. The topological polar surface area (TPSA) is 82.0 Å². The van der Waals surface area contributed by atoms with E-state index in [1.165, 1.54) is 0 Å². The first-order valence-corrected chi connectivity index (χ1v) is 4.87. The number of halogens is 3. The number of pyridine rings is 1. The zero-order valence-corrected chi connectivity index (χ0v) is 9.44. The number of rotatable bonds is 3. The Bertz CT molecular complexity index is 400. The lowest BCUT2D eigenvalue weighted by atomic mass is 10.2. The maximum Gasteiger partial charge on any atom is 0.286 e. The number of alkyl halides is 2. The second-order valence-electron chi connectivity index (χ2n) is 2.59. The van der Waals surface area contributed by atoms with E-state index < -0.39 is 17.0 Å². The van der Waals surface area contributed by atoms with Crippen LogP contribution in [0.5, 0.6) is 0 Å². The monoisotopic (exact) mass is 329 g/mol. The molecule has 0 bridgehead atoms. The lowest BCUT2D eigenvalue weighted by Gasteiger charge is -2.05. The largest absolute Gasteiger partial charge is 0.325 e. The van der Waals surface area contributed by atoms with Gasteiger partial charge in [0.2, 0.25) is 0 Å². The van der Waals surface area contributed by atoms with Crippen molar-refractivity contribution < 1.29 is 13.7 Å². The van der Waals surface area contributed by atoms with Crippen molar-refractivity contribution >= 4 is 28.3 Å². The van der Waals surface area contributed by atoms with Crippen LogP contribution in [-0.2, 0) is 6.54 Å². The predicted octanol–water partition coefficient (Wildman–Crippen LogP) is 1.99. The second kappa shape index (κ2) is 4.75. The van der Waals surface area contributed by atoms with E-state index in [0.717, 1.165) is 6.07 Å². The summed E-state index contributed by atoms with van der Waals surface area (Å²) in [5, 5.41) is 10.6. The molecule has 5 nitrogen and oxygen atoms in total. The van der Waals surface area contributed by atoms with Crippen LogP contribution >= 0.6 is 22.6 Å². The number of nitrogens with zero attached hydrogens (tertiary/aromatic N) is 2. The molecule has 0 radical (unpaired) electrons. The Labute approximate surface area is 97.0 Å². The zero-order chi connectivity index (χ0) is 11.6. The van der Waals surface area contributed by atoms with Gasteiger partial charge in [-0.15, -0.1) is 0 Å². The molecule has 0 fully saturated rings. The van der Waals surface area contributed by atoms with E-state index in [0.29, 0.717) is 0 Å². The summed E-state index contributed by atoms with van der Waals surface area (Å²) in [5.41, 5.74) is 4.35. The summed E-state index contributed by atoms with van der Waals surface area (Å²) < 4.78 is 24.9. The van der Waals surface area contributed by atoms with Crippen LogP contribution in [0.3, 0.4) is 0 Å². The summed E-state index contributed by atoms with van der Waals surface area (Å²) in [6, 6.07) is 0.769. The molecule has 15 heavy (non-hydrogen) atoms. The molecule has 0 amide bonds. The third-order valence-corrected chi connectivity index (χ3v) is 2.82.